The molecule has 0 fully saturated rings. The molecular formula is C14H20N4O2S. The van der Waals surface area contributed by atoms with Gasteiger partial charge in [0.1, 0.15) is 0 Å². The Morgan fingerprint density at radius 1 is 1.10 bits per heavy atom. The summed E-state index contributed by atoms with van der Waals surface area (Å²) in [6.07, 6.45) is 3.43. The number of sulfonamides is 1. The van der Waals surface area contributed by atoms with Gasteiger partial charge < -0.3 is 5.32 Å². The minimum Gasteiger partial charge on any atom is -0.316 e. The first kappa shape index (κ1) is 15.7. The number of hydrogen-bond acceptors (Lipinski definition) is 4. The van der Waals surface area contributed by atoms with Crippen molar-refractivity contribution in [2.75, 3.05) is 7.05 Å². The molecule has 114 valence electrons. The van der Waals surface area contributed by atoms with Gasteiger partial charge in [0, 0.05) is 31.9 Å². The summed E-state index contributed by atoms with van der Waals surface area (Å²) in [6, 6.07) is 7.55. The largest absolute Gasteiger partial charge is 0.316 e. The average Bonchev–Trinajstić information content (AvgIpc) is 2.85. The maximum absolute atomic E-state index is 12.0. The Hall–Kier alpha value is -1.70. The van der Waals surface area contributed by atoms with Crippen LogP contribution in [0.1, 0.15) is 16.7 Å². The van der Waals surface area contributed by atoms with Crippen molar-refractivity contribution in [2.45, 2.75) is 18.8 Å². The topological polar surface area (TPSA) is 76.0 Å². The van der Waals surface area contributed by atoms with Gasteiger partial charge >= 0.3 is 0 Å². The number of hydrogen-bond donors (Lipinski definition) is 2. The number of nitrogens with one attached hydrogen (secondary N) is 2. The van der Waals surface area contributed by atoms with E-state index in [2.05, 4.69) is 15.1 Å². The fourth-order valence-electron chi connectivity index (χ4n) is 1.98. The standard InChI is InChI=1S/C14H20N4O2S/c1-15-7-12-3-5-13(6-4-12)11-21(19,20)17-9-14-8-16-18(2)10-14/h3-6,8,10,15,17H,7,9,11H2,1-2H3. The molecule has 2 rings (SSSR count). The highest BCUT2D eigenvalue weighted by molar-refractivity contribution is 7.88. The van der Waals surface area contributed by atoms with Gasteiger partial charge in [-0.15, -0.1) is 0 Å². The first-order valence-corrected chi connectivity index (χ1v) is 8.31. The van der Waals surface area contributed by atoms with E-state index in [0.29, 0.717) is 0 Å². The summed E-state index contributed by atoms with van der Waals surface area (Å²) in [5.74, 6) is -0.0207. The summed E-state index contributed by atoms with van der Waals surface area (Å²) in [5.41, 5.74) is 2.74. The third kappa shape index (κ3) is 4.96. The fraction of sp³-hybridized carbons (Fsp3) is 0.357. The fourth-order valence-corrected chi connectivity index (χ4v) is 3.10. The molecule has 0 aliphatic carbocycles. The van der Waals surface area contributed by atoms with Crippen LogP contribution in [0.3, 0.4) is 0 Å². The van der Waals surface area contributed by atoms with Crippen LogP contribution in [0.4, 0.5) is 0 Å². The molecule has 0 amide bonds. The molecule has 6 nitrogen and oxygen atoms in total. The van der Waals surface area contributed by atoms with Gasteiger partial charge in [0.05, 0.1) is 11.9 Å². The van der Waals surface area contributed by atoms with Gasteiger partial charge in [-0.2, -0.15) is 5.10 Å². The second-order valence-electron chi connectivity index (χ2n) is 4.95. The molecule has 0 aliphatic rings. The molecule has 0 aliphatic heterocycles. The van der Waals surface area contributed by atoms with E-state index in [1.165, 1.54) is 0 Å². The quantitative estimate of drug-likeness (QED) is 0.792. The zero-order chi connectivity index (χ0) is 15.3. The molecule has 2 aromatic rings. The summed E-state index contributed by atoms with van der Waals surface area (Å²) in [5, 5.41) is 7.06. The maximum Gasteiger partial charge on any atom is 0.216 e. The van der Waals surface area contributed by atoms with E-state index >= 15 is 0 Å². The normalized spacial score (nSPS) is 11.7. The summed E-state index contributed by atoms with van der Waals surface area (Å²) in [4.78, 5) is 0. The minimum atomic E-state index is -3.35. The Bertz CT molecular complexity index is 677. The lowest BCUT2D eigenvalue weighted by Crippen LogP contribution is -2.24. The number of benzene rings is 1. The zero-order valence-electron chi connectivity index (χ0n) is 12.2. The van der Waals surface area contributed by atoms with Crippen LogP contribution in [-0.4, -0.2) is 25.2 Å². The second kappa shape index (κ2) is 6.84. The molecule has 0 bridgehead atoms. The molecule has 7 heteroatoms. The van der Waals surface area contributed by atoms with E-state index in [1.807, 2.05) is 31.3 Å². The van der Waals surface area contributed by atoms with E-state index in [0.717, 1.165) is 23.2 Å². The van der Waals surface area contributed by atoms with Crippen LogP contribution in [0.25, 0.3) is 0 Å². The third-order valence-corrected chi connectivity index (χ3v) is 4.31. The SMILES string of the molecule is CNCc1ccc(CS(=O)(=O)NCc2cnn(C)c2)cc1. The first-order chi connectivity index (χ1) is 9.98. The van der Waals surface area contributed by atoms with Gasteiger partial charge in [0.2, 0.25) is 10.0 Å². The van der Waals surface area contributed by atoms with E-state index in [4.69, 9.17) is 0 Å². The predicted molar refractivity (Wildman–Crippen MR) is 81.9 cm³/mol. The van der Waals surface area contributed by atoms with Crippen LogP contribution >= 0.6 is 0 Å². The molecule has 2 N–H and O–H groups in total. The lowest BCUT2D eigenvalue weighted by atomic mass is 10.1. The lowest BCUT2D eigenvalue weighted by molar-refractivity contribution is 0.580. The van der Waals surface area contributed by atoms with Crippen LogP contribution in [0.15, 0.2) is 36.7 Å². The van der Waals surface area contributed by atoms with Crippen LogP contribution in [0, 0.1) is 0 Å². The summed E-state index contributed by atoms with van der Waals surface area (Å²) in [7, 11) is 0.321. The monoisotopic (exact) mass is 308 g/mol. The number of aryl methyl sites for hydroxylation is 1. The molecule has 1 aromatic heterocycles. The van der Waals surface area contributed by atoms with Crippen molar-refractivity contribution in [1.82, 2.24) is 19.8 Å². The van der Waals surface area contributed by atoms with E-state index in [1.54, 1.807) is 24.1 Å². The van der Waals surface area contributed by atoms with Gasteiger partial charge in [-0.05, 0) is 18.2 Å². The van der Waals surface area contributed by atoms with Gasteiger partial charge in [-0.25, -0.2) is 13.1 Å². The summed E-state index contributed by atoms with van der Waals surface area (Å²) >= 11 is 0. The van der Waals surface area contributed by atoms with Gasteiger partial charge in [0.25, 0.3) is 0 Å². The van der Waals surface area contributed by atoms with E-state index in [9.17, 15) is 8.42 Å². The zero-order valence-corrected chi connectivity index (χ0v) is 13.0. The smallest absolute Gasteiger partial charge is 0.216 e. The van der Waals surface area contributed by atoms with Gasteiger partial charge in [-0.1, -0.05) is 24.3 Å². The van der Waals surface area contributed by atoms with E-state index in [-0.39, 0.29) is 12.3 Å². The molecule has 0 atom stereocenters. The molecule has 1 heterocycles. The highest BCUT2D eigenvalue weighted by Gasteiger charge is 2.11. The predicted octanol–water partition coefficient (Wildman–Crippen LogP) is 0.759. The highest BCUT2D eigenvalue weighted by atomic mass is 32.2. The molecule has 0 unspecified atom stereocenters. The van der Waals surface area contributed by atoms with Gasteiger partial charge in [0.15, 0.2) is 0 Å². The Morgan fingerprint density at radius 3 is 2.33 bits per heavy atom. The van der Waals surface area contributed by atoms with Crippen LogP contribution in [-0.2, 0) is 35.9 Å². The minimum absolute atomic E-state index is 0.0207. The summed E-state index contributed by atoms with van der Waals surface area (Å²) < 4.78 is 28.3. The number of nitrogens with zero attached hydrogens (tertiary/aromatic N) is 2. The molecule has 0 spiro atoms. The van der Waals surface area contributed by atoms with Gasteiger partial charge in [-0.3, -0.25) is 4.68 Å². The number of rotatable bonds is 7. The Labute approximate surface area is 125 Å². The Balaban J connectivity index is 1.93. The average molecular weight is 308 g/mol. The van der Waals surface area contributed by atoms with Crippen molar-refractivity contribution in [2.24, 2.45) is 7.05 Å². The van der Waals surface area contributed by atoms with Crippen molar-refractivity contribution in [3.8, 4) is 0 Å². The molecule has 1 aromatic carbocycles. The summed E-state index contributed by atoms with van der Waals surface area (Å²) in [6.45, 7) is 1.03. The Kier molecular flexibility index (Phi) is 5.11. The van der Waals surface area contributed by atoms with Crippen molar-refractivity contribution >= 4 is 10.0 Å². The molecular weight excluding hydrogens is 288 g/mol. The van der Waals surface area contributed by atoms with Crippen LogP contribution < -0.4 is 10.0 Å². The highest BCUT2D eigenvalue weighted by Crippen LogP contribution is 2.08. The Morgan fingerprint density at radius 2 is 1.76 bits per heavy atom. The van der Waals surface area contributed by atoms with E-state index < -0.39 is 10.0 Å². The van der Waals surface area contributed by atoms with Crippen LogP contribution in [0.2, 0.25) is 0 Å². The first-order valence-electron chi connectivity index (χ1n) is 6.66. The van der Waals surface area contributed by atoms with Crippen LogP contribution in [0.5, 0.6) is 0 Å². The molecule has 0 saturated heterocycles. The van der Waals surface area contributed by atoms with Crippen molar-refractivity contribution in [3.05, 3.63) is 53.3 Å². The second-order valence-corrected chi connectivity index (χ2v) is 6.76. The maximum atomic E-state index is 12.0. The third-order valence-electron chi connectivity index (χ3n) is 3.02. The lowest BCUT2D eigenvalue weighted by Gasteiger charge is -2.07. The van der Waals surface area contributed by atoms with Crippen molar-refractivity contribution in [1.29, 1.82) is 0 Å². The van der Waals surface area contributed by atoms with Crippen molar-refractivity contribution in [3.63, 3.8) is 0 Å². The van der Waals surface area contributed by atoms with Crippen molar-refractivity contribution < 1.29 is 8.42 Å². The molecule has 0 saturated carbocycles. The molecule has 0 radical (unpaired) electrons. The molecule has 21 heavy (non-hydrogen) atoms. The number of aromatic nitrogens is 2.